The molecule has 1 amide bonds. The highest BCUT2D eigenvalue weighted by atomic mass is 16.5. The molecule has 1 aliphatic heterocycles. The zero-order valence-electron chi connectivity index (χ0n) is 13.0. The third kappa shape index (κ3) is 5.05. The summed E-state index contributed by atoms with van der Waals surface area (Å²) >= 11 is 0. The molecule has 4 nitrogen and oxygen atoms in total. The minimum Gasteiger partial charge on any atom is -0.497 e. The van der Waals surface area contributed by atoms with Crippen LogP contribution in [0.2, 0.25) is 0 Å². The van der Waals surface area contributed by atoms with Gasteiger partial charge in [-0.05, 0) is 62.9 Å². The quantitative estimate of drug-likeness (QED) is 0.847. The highest BCUT2D eigenvalue weighted by molar-refractivity contribution is 5.76. The van der Waals surface area contributed by atoms with E-state index >= 15 is 0 Å². The van der Waals surface area contributed by atoms with Gasteiger partial charge in [0.1, 0.15) is 5.75 Å². The van der Waals surface area contributed by atoms with Crippen LogP contribution in [0.4, 0.5) is 0 Å². The number of piperidine rings is 1. The normalized spacial score (nSPS) is 17.2. The van der Waals surface area contributed by atoms with Crippen LogP contribution in [0.25, 0.3) is 0 Å². The highest BCUT2D eigenvalue weighted by Gasteiger charge is 2.15. The number of amides is 1. The van der Waals surface area contributed by atoms with E-state index in [-0.39, 0.29) is 11.9 Å². The van der Waals surface area contributed by atoms with Crippen LogP contribution in [0.3, 0.4) is 0 Å². The molecule has 1 heterocycles. The first kappa shape index (κ1) is 15.8. The first-order chi connectivity index (χ1) is 10.2. The standard InChI is InChI=1S/C17H26N2O2/c1-13(15-4-6-16(21-2)7-5-15)19-17(20)8-3-14-9-11-18-12-10-14/h4-7,13-14,18H,3,8-12H2,1-2H3,(H,19,20). The van der Waals surface area contributed by atoms with Gasteiger partial charge in [0, 0.05) is 6.42 Å². The lowest BCUT2D eigenvalue weighted by Gasteiger charge is -2.22. The van der Waals surface area contributed by atoms with Crippen LogP contribution in [0.1, 0.15) is 44.2 Å². The minimum atomic E-state index is 0.0384. The van der Waals surface area contributed by atoms with Crippen molar-refractivity contribution >= 4 is 5.91 Å². The summed E-state index contributed by atoms with van der Waals surface area (Å²) in [5.74, 6) is 1.69. The molecule has 1 atom stereocenters. The van der Waals surface area contributed by atoms with E-state index in [0.29, 0.717) is 12.3 Å². The number of nitrogens with one attached hydrogen (secondary N) is 2. The Labute approximate surface area is 127 Å². The average molecular weight is 290 g/mol. The summed E-state index contributed by atoms with van der Waals surface area (Å²) in [7, 11) is 1.65. The molecule has 116 valence electrons. The number of methoxy groups -OCH3 is 1. The van der Waals surface area contributed by atoms with Gasteiger partial charge in [0.15, 0.2) is 0 Å². The van der Waals surface area contributed by atoms with Gasteiger partial charge in [-0.15, -0.1) is 0 Å². The Kier molecular flexibility index (Phi) is 6.05. The molecule has 0 radical (unpaired) electrons. The lowest BCUT2D eigenvalue weighted by atomic mass is 9.93. The Bertz CT molecular complexity index is 439. The SMILES string of the molecule is COc1ccc(C(C)NC(=O)CCC2CCNCC2)cc1. The van der Waals surface area contributed by atoms with Crippen molar-refractivity contribution in [1.29, 1.82) is 0 Å². The molecule has 4 heteroatoms. The number of carbonyl (C=O) groups excluding carboxylic acids is 1. The van der Waals surface area contributed by atoms with Crippen molar-refractivity contribution in [3.05, 3.63) is 29.8 Å². The number of ether oxygens (including phenoxy) is 1. The van der Waals surface area contributed by atoms with Crippen molar-refractivity contribution in [2.24, 2.45) is 5.92 Å². The second-order valence-electron chi connectivity index (χ2n) is 5.79. The lowest BCUT2D eigenvalue weighted by molar-refractivity contribution is -0.122. The second kappa shape index (κ2) is 8.03. The van der Waals surface area contributed by atoms with Gasteiger partial charge in [-0.1, -0.05) is 12.1 Å². The largest absolute Gasteiger partial charge is 0.497 e. The third-order valence-corrected chi connectivity index (χ3v) is 4.23. The number of hydrogen-bond donors (Lipinski definition) is 2. The number of hydrogen-bond acceptors (Lipinski definition) is 3. The Hall–Kier alpha value is -1.55. The van der Waals surface area contributed by atoms with Gasteiger partial charge in [-0.25, -0.2) is 0 Å². The fourth-order valence-electron chi connectivity index (χ4n) is 2.80. The number of carbonyl (C=O) groups is 1. The zero-order chi connectivity index (χ0) is 15.1. The monoisotopic (exact) mass is 290 g/mol. The Morgan fingerprint density at radius 2 is 2.00 bits per heavy atom. The van der Waals surface area contributed by atoms with Crippen molar-refractivity contribution in [2.75, 3.05) is 20.2 Å². The van der Waals surface area contributed by atoms with Crippen LogP contribution < -0.4 is 15.4 Å². The summed E-state index contributed by atoms with van der Waals surface area (Å²) in [4.78, 5) is 12.0. The Morgan fingerprint density at radius 1 is 1.33 bits per heavy atom. The molecular formula is C17H26N2O2. The molecule has 1 unspecified atom stereocenters. The summed E-state index contributed by atoms with van der Waals surface area (Å²) in [6.07, 6.45) is 4.02. The molecule has 2 N–H and O–H groups in total. The van der Waals surface area contributed by atoms with E-state index in [0.717, 1.165) is 30.8 Å². The molecule has 1 aromatic carbocycles. The predicted octanol–water partition coefficient (Wildman–Crippen LogP) is 2.65. The van der Waals surface area contributed by atoms with Crippen LogP contribution in [-0.2, 0) is 4.79 Å². The van der Waals surface area contributed by atoms with Crippen molar-refractivity contribution in [2.45, 2.75) is 38.6 Å². The predicted molar refractivity (Wildman–Crippen MR) is 84.4 cm³/mol. The Morgan fingerprint density at radius 3 is 2.62 bits per heavy atom. The van der Waals surface area contributed by atoms with Crippen molar-refractivity contribution in [1.82, 2.24) is 10.6 Å². The van der Waals surface area contributed by atoms with E-state index in [4.69, 9.17) is 4.74 Å². The third-order valence-electron chi connectivity index (χ3n) is 4.23. The van der Waals surface area contributed by atoms with Gasteiger partial charge in [-0.2, -0.15) is 0 Å². The van der Waals surface area contributed by atoms with Gasteiger partial charge in [0.2, 0.25) is 5.91 Å². The maximum absolute atomic E-state index is 12.0. The average Bonchev–Trinajstić information content (AvgIpc) is 2.54. The van der Waals surface area contributed by atoms with E-state index in [9.17, 15) is 4.79 Å². The first-order valence-electron chi connectivity index (χ1n) is 7.83. The maximum Gasteiger partial charge on any atom is 0.220 e. The first-order valence-corrected chi connectivity index (χ1v) is 7.83. The van der Waals surface area contributed by atoms with Crippen molar-refractivity contribution in [3.8, 4) is 5.75 Å². The van der Waals surface area contributed by atoms with Gasteiger partial charge < -0.3 is 15.4 Å². The molecule has 1 saturated heterocycles. The molecule has 0 bridgehead atoms. The molecule has 0 saturated carbocycles. The van der Waals surface area contributed by atoms with Crippen LogP contribution >= 0.6 is 0 Å². The summed E-state index contributed by atoms with van der Waals surface area (Å²) in [5.41, 5.74) is 1.10. The summed E-state index contributed by atoms with van der Waals surface area (Å²) in [6.45, 7) is 4.20. The van der Waals surface area contributed by atoms with Crippen LogP contribution in [0.15, 0.2) is 24.3 Å². The second-order valence-corrected chi connectivity index (χ2v) is 5.79. The number of rotatable bonds is 6. The molecule has 2 rings (SSSR count). The van der Waals surface area contributed by atoms with E-state index < -0.39 is 0 Å². The van der Waals surface area contributed by atoms with Crippen LogP contribution in [-0.4, -0.2) is 26.1 Å². The maximum atomic E-state index is 12.0. The van der Waals surface area contributed by atoms with Crippen molar-refractivity contribution in [3.63, 3.8) is 0 Å². The van der Waals surface area contributed by atoms with Gasteiger partial charge in [-0.3, -0.25) is 4.79 Å². The minimum absolute atomic E-state index is 0.0384. The Balaban J connectivity index is 1.75. The summed E-state index contributed by atoms with van der Waals surface area (Å²) in [6, 6.07) is 7.88. The molecule has 1 aromatic rings. The molecule has 21 heavy (non-hydrogen) atoms. The highest BCUT2D eigenvalue weighted by Crippen LogP contribution is 2.19. The van der Waals surface area contributed by atoms with Gasteiger partial charge >= 0.3 is 0 Å². The molecule has 1 aliphatic rings. The lowest BCUT2D eigenvalue weighted by Crippen LogP contribution is -2.30. The van der Waals surface area contributed by atoms with Gasteiger partial charge in [0.05, 0.1) is 13.2 Å². The molecule has 0 spiro atoms. The van der Waals surface area contributed by atoms with E-state index in [1.54, 1.807) is 7.11 Å². The van der Waals surface area contributed by atoms with E-state index in [2.05, 4.69) is 10.6 Å². The summed E-state index contributed by atoms with van der Waals surface area (Å²) in [5, 5.41) is 6.43. The van der Waals surface area contributed by atoms with Crippen LogP contribution in [0.5, 0.6) is 5.75 Å². The van der Waals surface area contributed by atoms with Crippen molar-refractivity contribution < 1.29 is 9.53 Å². The van der Waals surface area contributed by atoms with Gasteiger partial charge in [0.25, 0.3) is 0 Å². The number of benzene rings is 1. The fourth-order valence-corrected chi connectivity index (χ4v) is 2.80. The van der Waals surface area contributed by atoms with E-state index in [1.165, 1.54) is 12.8 Å². The smallest absolute Gasteiger partial charge is 0.220 e. The zero-order valence-corrected chi connectivity index (χ0v) is 13.0. The van der Waals surface area contributed by atoms with Crippen LogP contribution in [0, 0.1) is 5.92 Å². The molecule has 1 fully saturated rings. The molecular weight excluding hydrogens is 264 g/mol. The molecule has 0 aliphatic carbocycles. The van der Waals surface area contributed by atoms with E-state index in [1.807, 2.05) is 31.2 Å². The summed E-state index contributed by atoms with van der Waals surface area (Å²) < 4.78 is 5.14. The molecule has 0 aromatic heterocycles. The topological polar surface area (TPSA) is 50.4 Å². The fraction of sp³-hybridized carbons (Fsp3) is 0.588.